The molecule has 1 aromatic heterocycles. The molecule has 0 spiro atoms. The highest BCUT2D eigenvalue weighted by atomic mass is 16.5. The lowest BCUT2D eigenvalue weighted by molar-refractivity contribution is 0.414. The number of benzene rings is 1. The molecule has 0 aliphatic carbocycles. The summed E-state index contributed by atoms with van der Waals surface area (Å²) in [6, 6.07) is 11.2. The summed E-state index contributed by atoms with van der Waals surface area (Å²) in [5.74, 6) is 1.53. The summed E-state index contributed by atoms with van der Waals surface area (Å²) in [4.78, 5) is 10.5. The number of methoxy groups -OCH3 is 1. The zero-order chi connectivity index (χ0) is 16.7. The third-order valence-corrected chi connectivity index (χ3v) is 3.27. The molecule has 0 unspecified atom stereocenters. The van der Waals surface area contributed by atoms with Gasteiger partial charge in [0.25, 0.3) is 0 Å². The zero-order valence-corrected chi connectivity index (χ0v) is 13.1. The third-order valence-electron chi connectivity index (χ3n) is 3.27. The van der Waals surface area contributed by atoms with Gasteiger partial charge in [0.05, 0.1) is 7.11 Å². The summed E-state index contributed by atoms with van der Waals surface area (Å²) in [6.07, 6.45) is 2.61. The lowest BCUT2D eigenvalue weighted by atomic mass is 10.2. The second-order valence-corrected chi connectivity index (χ2v) is 4.94. The van der Waals surface area contributed by atoms with E-state index in [1.807, 2.05) is 41.3 Å². The van der Waals surface area contributed by atoms with E-state index in [2.05, 4.69) is 16.5 Å². The molecule has 1 aromatic carbocycles. The first-order valence-electron chi connectivity index (χ1n) is 7.19. The molecule has 1 heterocycles. The van der Waals surface area contributed by atoms with Crippen molar-refractivity contribution in [2.45, 2.75) is 13.0 Å². The Kier molecular flexibility index (Phi) is 5.53. The van der Waals surface area contributed by atoms with Gasteiger partial charge in [0.1, 0.15) is 23.3 Å². The Morgan fingerprint density at radius 1 is 1.35 bits per heavy atom. The van der Waals surface area contributed by atoms with Gasteiger partial charge in [-0.05, 0) is 24.1 Å². The number of aromatic nitrogens is 2. The van der Waals surface area contributed by atoms with Crippen LogP contribution >= 0.6 is 0 Å². The summed E-state index contributed by atoms with van der Waals surface area (Å²) in [7, 11) is 1.63. The molecule has 2 aromatic rings. The van der Waals surface area contributed by atoms with Crippen LogP contribution in [0, 0.1) is 11.3 Å². The highest BCUT2D eigenvalue weighted by molar-refractivity contribution is 5.44. The number of nitrogens with two attached hydrogens (primary N) is 1. The van der Waals surface area contributed by atoms with Gasteiger partial charge in [0.2, 0.25) is 5.95 Å². The van der Waals surface area contributed by atoms with Crippen molar-refractivity contribution < 1.29 is 4.74 Å². The van der Waals surface area contributed by atoms with Crippen LogP contribution in [-0.2, 0) is 6.54 Å². The molecule has 0 saturated heterocycles. The quantitative estimate of drug-likeness (QED) is 0.791. The third kappa shape index (κ3) is 4.45. The number of rotatable bonds is 7. The SMILES string of the molecule is C=CCCN(Cc1ccc(OC)cc1)c1nc(N)cc(C#N)n1. The van der Waals surface area contributed by atoms with Gasteiger partial charge in [0.15, 0.2) is 0 Å². The first-order chi connectivity index (χ1) is 11.2. The minimum absolute atomic E-state index is 0.255. The van der Waals surface area contributed by atoms with Crippen LogP contribution in [0.3, 0.4) is 0 Å². The topological polar surface area (TPSA) is 88.1 Å². The number of hydrogen-bond donors (Lipinski definition) is 1. The van der Waals surface area contributed by atoms with Gasteiger partial charge in [-0.3, -0.25) is 0 Å². The van der Waals surface area contributed by atoms with E-state index in [9.17, 15) is 0 Å². The maximum atomic E-state index is 9.05. The molecule has 0 amide bonds. The Morgan fingerprint density at radius 3 is 2.70 bits per heavy atom. The van der Waals surface area contributed by atoms with Gasteiger partial charge in [0, 0.05) is 19.2 Å². The van der Waals surface area contributed by atoms with Crippen molar-refractivity contribution in [1.82, 2.24) is 9.97 Å². The summed E-state index contributed by atoms with van der Waals surface area (Å²) in [5.41, 5.74) is 7.11. The van der Waals surface area contributed by atoms with Gasteiger partial charge in [-0.2, -0.15) is 10.2 Å². The number of nitriles is 1. The molecule has 2 rings (SSSR count). The van der Waals surface area contributed by atoms with Crippen molar-refractivity contribution >= 4 is 11.8 Å². The number of nitrogen functional groups attached to an aromatic ring is 1. The second kappa shape index (κ2) is 7.80. The van der Waals surface area contributed by atoms with E-state index in [4.69, 9.17) is 15.7 Å². The van der Waals surface area contributed by atoms with Crippen molar-refractivity contribution in [1.29, 1.82) is 5.26 Å². The summed E-state index contributed by atoms with van der Waals surface area (Å²) in [5, 5.41) is 9.05. The Bertz CT molecular complexity index is 706. The zero-order valence-electron chi connectivity index (χ0n) is 13.1. The van der Waals surface area contributed by atoms with Crippen LogP contribution in [0.4, 0.5) is 11.8 Å². The molecule has 0 aliphatic heterocycles. The molecule has 23 heavy (non-hydrogen) atoms. The van der Waals surface area contributed by atoms with E-state index in [1.54, 1.807) is 7.11 Å². The van der Waals surface area contributed by atoms with Crippen LogP contribution in [0.25, 0.3) is 0 Å². The number of hydrogen-bond acceptors (Lipinski definition) is 6. The molecule has 6 nitrogen and oxygen atoms in total. The van der Waals surface area contributed by atoms with E-state index in [0.717, 1.165) is 17.7 Å². The van der Waals surface area contributed by atoms with Crippen molar-refractivity contribution in [3.63, 3.8) is 0 Å². The van der Waals surface area contributed by atoms with Crippen LogP contribution in [0.1, 0.15) is 17.7 Å². The van der Waals surface area contributed by atoms with Crippen LogP contribution in [0.5, 0.6) is 5.75 Å². The molecule has 0 aliphatic rings. The molecule has 0 radical (unpaired) electrons. The Balaban J connectivity index is 2.27. The molecule has 6 heteroatoms. The fourth-order valence-electron chi connectivity index (χ4n) is 2.10. The highest BCUT2D eigenvalue weighted by Gasteiger charge is 2.12. The number of ether oxygens (including phenoxy) is 1. The van der Waals surface area contributed by atoms with E-state index in [0.29, 0.717) is 19.0 Å². The fraction of sp³-hybridized carbons (Fsp3) is 0.235. The first kappa shape index (κ1) is 16.3. The Labute approximate surface area is 135 Å². The molecule has 118 valence electrons. The van der Waals surface area contributed by atoms with E-state index >= 15 is 0 Å². The molecule has 0 fully saturated rings. The van der Waals surface area contributed by atoms with Gasteiger partial charge in [-0.25, -0.2) is 4.98 Å². The van der Waals surface area contributed by atoms with E-state index in [1.165, 1.54) is 6.07 Å². The average molecular weight is 309 g/mol. The predicted octanol–water partition coefficient (Wildman–Crippen LogP) is 2.52. The van der Waals surface area contributed by atoms with Gasteiger partial charge in [-0.15, -0.1) is 6.58 Å². The fourth-order valence-corrected chi connectivity index (χ4v) is 2.10. The molecular formula is C17H19N5O. The molecule has 0 bridgehead atoms. The largest absolute Gasteiger partial charge is 0.497 e. The van der Waals surface area contributed by atoms with E-state index < -0.39 is 0 Å². The van der Waals surface area contributed by atoms with Crippen molar-refractivity contribution in [3.8, 4) is 11.8 Å². The van der Waals surface area contributed by atoms with Crippen LogP contribution in [-0.4, -0.2) is 23.6 Å². The highest BCUT2D eigenvalue weighted by Crippen LogP contribution is 2.18. The minimum Gasteiger partial charge on any atom is -0.497 e. The van der Waals surface area contributed by atoms with Crippen LogP contribution < -0.4 is 15.4 Å². The van der Waals surface area contributed by atoms with Crippen molar-refractivity contribution in [3.05, 3.63) is 54.2 Å². The number of nitrogens with zero attached hydrogens (tertiary/aromatic N) is 4. The Morgan fingerprint density at radius 2 is 2.09 bits per heavy atom. The monoisotopic (exact) mass is 309 g/mol. The van der Waals surface area contributed by atoms with Crippen LogP contribution in [0.2, 0.25) is 0 Å². The lowest BCUT2D eigenvalue weighted by Gasteiger charge is -2.22. The average Bonchev–Trinajstić information content (AvgIpc) is 2.58. The minimum atomic E-state index is 0.255. The van der Waals surface area contributed by atoms with Gasteiger partial charge < -0.3 is 15.4 Å². The second-order valence-electron chi connectivity index (χ2n) is 4.94. The molecule has 2 N–H and O–H groups in total. The lowest BCUT2D eigenvalue weighted by Crippen LogP contribution is -2.26. The maximum Gasteiger partial charge on any atom is 0.228 e. The Hall–Kier alpha value is -3.07. The molecule has 0 atom stereocenters. The van der Waals surface area contributed by atoms with Gasteiger partial charge >= 0.3 is 0 Å². The predicted molar refractivity (Wildman–Crippen MR) is 90.0 cm³/mol. The summed E-state index contributed by atoms with van der Waals surface area (Å²) < 4.78 is 5.17. The summed E-state index contributed by atoms with van der Waals surface area (Å²) in [6.45, 7) is 5.03. The standard InChI is InChI=1S/C17H19N5O/c1-3-4-9-22(12-13-5-7-15(23-2)8-6-13)17-20-14(11-18)10-16(19)21-17/h3,5-8,10H,1,4,9,12H2,2H3,(H2,19,20,21). The normalized spacial score (nSPS) is 9.91. The first-order valence-corrected chi connectivity index (χ1v) is 7.19. The van der Waals surface area contributed by atoms with Gasteiger partial charge in [-0.1, -0.05) is 18.2 Å². The van der Waals surface area contributed by atoms with Crippen molar-refractivity contribution in [2.24, 2.45) is 0 Å². The maximum absolute atomic E-state index is 9.05. The smallest absolute Gasteiger partial charge is 0.228 e. The van der Waals surface area contributed by atoms with Crippen molar-refractivity contribution in [2.75, 3.05) is 24.3 Å². The molecule has 0 saturated carbocycles. The molecular weight excluding hydrogens is 290 g/mol. The summed E-state index contributed by atoms with van der Waals surface area (Å²) >= 11 is 0. The number of anilines is 2. The van der Waals surface area contributed by atoms with E-state index in [-0.39, 0.29) is 11.5 Å². The van der Waals surface area contributed by atoms with Crippen LogP contribution in [0.15, 0.2) is 43.0 Å².